The summed E-state index contributed by atoms with van der Waals surface area (Å²) >= 11 is 0. The van der Waals surface area contributed by atoms with Crippen LogP contribution in [0.1, 0.15) is 30.9 Å². The predicted octanol–water partition coefficient (Wildman–Crippen LogP) is 3.23. The maximum Gasteiger partial charge on any atom is 0.228 e. The molecule has 0 heterocycles. The standard InChI is InChI=1S/C17H19NO/c1-13(14-9-5-3-6-10-14)17(2,16(18)19)15-11-7-4-8-12-15/h3-13H,1-2H3,(H2,18,19). The fraction of sp³-hybridized carbons (Fsp3) is 0.235. The minimum absolute atomic E-state index is 0.0219. The molecule has 0 bridgehead atoms. The zero-order valence-electron chi connectivity index (χ0n) is 11.3. The number of primary amides is 1. The Balaban J connectivity index is 2.49. The highest BCUT2D eigenvalue weighted by Gasteiger charge is 2.39. The van der Waals surface area contributed by atoms with Crippen molar-refractivity contribution >= 4 is 5.91 Å². The molecule has 2 atom stereocenters. The molecule has 19 heavy (non-hydrogen) atoms. The fourth-order valence-electron chi connectivity index (χ4n) is 2.47. The Morgan fingerprint density at radius 3 is 1.95 bits per heavy atom. The highest BCUT2D eigenvalue weighted by Crippen LogP contribution is 2.38. The average Bonchev–Trinajstić information content (AvgIpc) is 2.47. The Morgan fingerprint density at radius 2 is 1.47 bits per heavy atom. The van der Waals surface area contributed by atoms with Crippen LogP contribution in [-0.2, 0) is 10.2 Å². The molecule has 2 nitrogen and oxygen atoms in total. The molecule has 2 heteroatoms. The minimum atomic E-state index is -0.706. The summed E-state index contributed by atoms with van der Waals surface area (Å²) < 4.78 is 0. The maximum absolute atomic E-state index is 12.1. The van der Waals surface area contributed by atoms with E-state index in [1.807, 2.05) is 74.5 Å². The van der Waals surface area contributed by atoms with Gasteiger partial charge in [0.1, 0.15) is 0 Å². The molecule has 1 amide bonds. The molecule has 0 radical (unpaired) electrons. The summed E-state index contributed by atoms with van der Waals surface area (Å²) in [5.74, 6) is -0.274. The second kappa shape index (κ2) is 5.27. The number of carbonyl (C=O) groups excluding carboxylic acids is 1. The highest BCUT2D eigenvalue weighted by atomic mass is 16.1. The van der Waals surface area contributed by atoms with Crippen LogP contribution >= 0.6 is 0 Å². The van der Waals surface area contributed by atoms with Crippen LogP contribution in [0.5, 0.6) is 0 Å². The third kappa shape index (κ3) is 2.39. The van der Waals surface area contributed by atoms with Crippen LogP contribution < -0.4 is 5.73 Å². The normalized spacial score (nSPS) is 15.5. The van der Waals surface area contributed by atoms with Crippen molar-refractivity contribution in [2.75, 3.05) is 0 Å². The lowest BCUT2D eigenvalue weighted by molar-refractivity contribution is -0.123. The first-order valence-corrected chi connectivity index (χ1v) is 6.47. The molecular weight excluding hydrogens is 234 g/mol. The molecule has 0 spiro atoms. The first kappa shape index (κ1) is 13.3. The molecule has 0 aliphatic rings. The van der Waals surface area contributed by atoms with Gasteiger partial charge in [-0.25, -0.2) is 0 Å². The third-order valence-corrected chi connectivity index (χ3v) is 4.05. The van der Waals surface area contributed by atoms with E-state index in [4.69, 9.17) is 5.73 Å². The van der Waals surface area contributed by atoms with E-state index < -0.39 is 5.41 Å². The number of benzene rings is 2. The summed E-state index contributed by atoms with van der Waals surface area (Å²) in [5, 5.41) is 0. The van der Waals surface area contributed by atoms with E-state index in [0.29, 0.717) is 0 Å². The molecule has 2 aromatic rings. The summed E-state index contributed by atoms with van der Waals surface area (Å²) in [6.45, 7) is 3.97. The number of amides is 1. The second-order valence-electron chi connectivity index (χ2n) is 5.06. The average molecular weight is 253 g/mol. The van der Waals surface area contributed by atoms with E-state index in [1.54, 1.807) is 0 Å². The molecule has 2 rings (SSSR count). The zero-order chi connectivity index (χ0) is 13.9. The molecule has 2 aromatic carbocycles. The van der Waals surface area contributed by atoms with Gasteiger partial charge < -0.3 is 5.73 Å². The zero-order valence-corrected chi connectivity index (χ0v) is 11.3. The van der Waals surface area contributed by atoms with Crippen LogP contribution in [0, 0.1) is 0 Å². The molecule has 0 aliphatic carbocycles. The number of carbonyl (C=O) groups is 1. The summed E-state index contributed by atoms with van der Waals surface area (Å²) in [6, 6.07) is 19.8. The van der Waals surface area contributed by atoms with Crippen molar-refractivity contribution in [3.8, 4) is 0 Å². The van der Waals surface area contributed by atoms with Gasteiger partial charge in [-0.15, -0.1) is 0 Å². The van der Waals surface area contributed by atoms with Crippen LogP contribution in [0.2, 0.25) is 0 Å². The van der Waals surface area contributed by atoms with Crippen LogP contribution in [0.3, 0.4) is 0 Å². The lowest BCUT2D eigenvalue weighted by atomic mass is 9.69. The summed E-state index contributed by atoms with van der Waals surface area (Å²) in [4.78, 5) is 12.1. The Hall–Kier alpha value is -2.09. The number of nitrogens with two attached hydrogens (primary N) is 1. The first-order chi connectivity index (χ1) is 9.06. The predicted molar refractivity (Wildman–Crippen MR) is 77.8 cm³/mol. The van der Waals surface area contributed by atoms with Crippen LogP contribution in [0.25, 0.3) is 0 Å². The van der Waals surface area contributed by atoms with Gasteiger partial charge >= 0.3 is 0 Å². The summed E-state index contributed by atoms with van der Waals surface area (Å²) in [6.07, 6.45) is 0. The Bertz CT molecular complexity index is 550. The topological polar surface area (TPSA) is 43.1 Å². The van der Waals surface area contributed by atoms with Crippen molar-refractivity contribution in [1.29, 1.82) is 0 Å². The van der Waals surface area contributed by atoms with Crippen molar-refractivity contribution in [3.63, 3.8) is 0 Å². The highest BCUT2D eigenvalue weighted by molar-refractivity contribution is 5.87. The molecule has 0 saturated heterocycles. The van der Waals surface area contributed by atoms with Gasteiger partial charge in [-0.3, -0.25) is 4.79 Å². The molecule has 0 aromatic heterocycles. The van der Waals surface area contributed by atoms with Gasteiger partial charge in [0.05, 0.1) is 5.41 Å². The van der Waals surface area contributed by atoms with Crippen LogP contribution in [0.15, 0.2) is 60.7 Å². The van der Waals surface area contributed by atoms with Gasteiger partial charge in [0.15, 0.2) is 0 Å². The Kier molecular flexibility index (Phi) is 3.70. The van der Waals surface area contributed by atoms with Gasteiger partial charge in [-0.2, -0.15) is 0 Å². The van der Waals surface area contributed by atoms with Crippen molar-refractivity contribution in [2.45, 2.75) is 25.2 Å². The van der Waals surface area contributed by atoms with E-state index >= 15 is 0 Å². The molecule has 0 fully saturated rings. The molecule has 0 aliphatic heterocycles. The maximum atomic E-state index is 12.1. The quantitative estimate of drug-likeness (QED) is 0.893. The van der Waals surface area contributed by atoms with Gasteiger partial charge in [0, 0.05) is 0 Å². The molecule has 98 valence electrons. The Labute approximate surface area is 114 Å². The second-order valence-corrected chi connectivity index (χ2v) is 5.06. The number of hydrogen-bond donors (Lipinski definition) is 1. The SMILES string of the molecule is CC(c1ccccc1)C(C)(C(N)=O)c1ccccc1. The van der Waals surface area contributed by atoms with Crippen molar-refractivity contribution in [1.82, 2.24) is 0 Å². The molecule has 2 unspecified atom stereocenters. The molecule has 0 saturated carbocycles. The van der Waals surface area contributed by atoms with Crippen molar-refractivity contribution < 1.29 is 4.79 Å². The van der Waals surface area contributed by atoms with E-state index in [9.17, 15) is 4.79 Å². The monoisotopic (exact) mass is 253 g/mol. The Morgan fingerprint density at radius 1 is 1.00 bits per heavy atom. The summed E-state index contributed by atoms with van der Waals surface area (Å²) in [7, 11) is 0. The first-order valence-electron chi connectivity index (χ1n) is 6.47. The molecule has 2 N–H and O–H groups in total. The van der Waals surface area contributed by atoms with Gasteiger partial charge in [-0.1, -0.05) is 67.6 Å². The fourth-order valence-corrected chi connectivity index (χ4v) is 2.47. The minimum Gasteiger partial charge on any atom is -0.369 e. The van der Waals surface area contributed by atoms with Gasteiger partial charge in [0.25, 0.3) is 0 Å². The third-order valence-electron chi connectivity index (χ3n) is 4.05. The van der Waals surface area contributed by atoms with Gasteiger partial charge in [-0.05, 0) is 24.0 Å². The van der Waals surface area contributed by atoms with Crippen molar-refractivity contribution in [3.05, 3.63) is 71.8 Å². The summed E-state index contributed by atoms with van der Waals surface area (Å²) in [5.41, 5.74) is 7.07. The van der Waals surface area contributed by atoms with E-state index in [1.165, 1.54) is 0 Å². The van der Waals surface area contributed by atoms with Crippen LogP contribution in [-0.4, -0.2) is 5.91 Å². The van der Waals surface area contributed by atoms with Crippen LogP contribution in [0.4, 0.5) is 0 Å². The van der Waals surface area contributed by atoms with Gasteiger partial charge in [0.2, 0.25) is 5.91 Å². The smallest absolute Gasteiger partial charge is 0.228 e. The number of hydrogen-bond acceptors (Lipinski definition) is 1. The molecular formula is C17H19NO. The van der Waals surface area contributed by atoms with E-state index in [2.05, 4.69) is 0 Å². The largest absolute Gasteiger partial charge is 0.369 e. The number of rotatable bonds is 4. The lowest BCUT2D eigenvalue weighted by Gasteiger charge is -2.33. The van der Waals surface area contributed by atoms with E-state index in [-0.39, 0.29) is 11.8 Å². The van der Waals surface area contributed by atoms with Crippen molar-refractivity contribution in [2.24, 2.45) is 5.73 Å². The van der Waals surface area contributed by atoms with E-state index in [0.717, 1.165) is 11.1 Å². The lowest BCUT2D eigenvalue weighted by Crippen LogP contribution is -2.42.